The number of carbonyl (C=O) groups is 1. The van der Waals surface area contributed by atoms with E-state index >= 15 is 0 Å². The maximum atomic E-state index is 12.5. The zero-order valence-corrected chi connectivity index (χ0v) is 13.6. The minimum Gasteiger partial charge on any atom is -0.478 e. The number of carboxylic acid groups (broad SMARTS) is 1. The Morgan fingerprint density at radius 3 is 2.33 bits per heavy atom. The van der Waals surface area contributed by atoms with Crippen molar-refractivity contribution < 1.29 is 18.3 Å². The maximum Gasteiger partial charge on any atom is 0.335 e. The monoisotopic (exact) mass is 314 g/mol. The molecule has 0 aliphatic carbocycles. The molecule has 1 N–H and O–H groups in total. The lowest BCUT2D eigenvalue weighted by atomic mass is 10.1. The number of hydrogen-bond donors (Lipinski definition) is 1. The molecule has 0 spiro atoms. The average Bonchev–Trinajstić information content (AvgIpc) is 2.37. The van der Waals surface area contributed by atoms with E-state index in [1.54, 1.807) is 0 Å². The summed E-state index contributed by atoms with van der Waals surface area (Å²) < 4.78 is 26.3. The molecular weight excluding hydrogens is 292 g/mol. The molecule has 0 bridgehead atoms. The summed E-state index contributed by atoms with van der Waals surface area (Å²) in [5, 5.41) is 9.08. The first-order chi connectivity index (χ1) is 9.67. The summed E-state index contributed by atoms with van der Waals surface area (Å²) >= 11 is 0. The first kappa shape index (κ1) is 17.6. The molecule has 0 aliphatic rings. The first-order valence-corrected chi connectivity index (χ1v) is 8.06. The Labute approximate surface area is 126 Å². The minimum absolute atomic E-state index is 0.0118. The standard InChI is InChI=1S/C14H22N2O4S/c1-11-12(14(17)18)7-5-8-13(11)21(19,20)16(4)10-6-9-15(2)3/h5,7-8H,6,9-10H2,1-4H3,(H,17,18). The van der Waals surface area contributed by atoms with Gasteiger partial charge in [0.15, 0.2) is 0 Å². The van der Waals surface area contributed by atoms with Gasteiger partial charge in [0.05, 0.1) is 10.5 Å². The van der Waals surface area contributed by atoms with Gasteiger partial charge in [0.1, 0.15) is 0 Å². The largest absolute Gasteiger partial charge is 0.478 e. The van der Waals surface area contributed by atoms with E-state index in [0.29, 0.717) is 13.0 Å². The van der Waals surface area contributed by atoms with Crippen LogP contribution in [0.15, 0.2) is 23.1 Å². The lowest BCUT2D eigenvalue weighted by molar-refractivity contribution is 0.0696. The third-order valence-electron chi connectivity index (χ3n) is 3.28. The predicted octanol–water partition coefficient (Wildman–Crippen LogP) is 1.27. The second-order valence-electron chi connectivity index (χ2n) is 5.22. The number of nitrogens with zero attached hydrogens (tertiary/aromatic N) is 2. The Kier molecular flexibility index (Phi) is 5.88. The van der Waals surface area contributed by atoms with Crippen LogP contribution >= 0.6 is 0 Å². The van der Waals surface area contributed by atoms with E-state index in [1.807, 2.05) is 19.0 Å². The fraction of sp³-hybridized carbons (Fsp3) is 0.500. The summed E-state index contributed by atoms with van der Waals surface area (Å²) in [7, 11) is 1.69. The van der Waals surface area contributed by atoms with Crippen LogP contribution in [0.3, 0.4) is 0 Å². The molecule has 0 saturated heterocycles. The second-order valence-corrected chi connectivity index (χ2v) is 7.23. The number of hydrogen-bond acceptors (Lipinski definition) is 4. The lowest BCUT2D eigenvalue weighted by Crippen LogP contribution is -2.30. The van der Waals surface area contributed by atoms with Crippen molar-refractivity contribution in [3.8, 4) is 0 Å². The van der Waals surface area contributed by atoms with E-state index < -0.39 is 16.0 Å². The van der Waals surface area contributed by atoms with Crippen molar-refractivity contribution >= 4 is 16.0 Å². The van der Waals surface area contributed by atoms with Crippen LogP contribution in [0, 0.1) is 6.92 Å². The van der Waals surface area contributed by atoms with E-state index in [2.05, 4.69) is 0 Å². The van der Waals surface area contributed by atoms with E-state index in [9.17, 15) is 13.2 Å². The van der Waals surface area contributed by atoms with Crippen molar-refractivity contribution in [1.29, 1.82) is 0 Å². The lowest BCUT2D eigenvalue weighted by Gasteiger charge is -2.20. The molecule has 0 amide bonds. The molecule has 0 atom stereocenters. The van der Waals surface area contributed by atoms with Crippen LogP contribution in [0.2, 0.25) is 0 Å². The molecule has 0 aromatic heterocycles. The van der Waals surface area contributed by atoms with Gasteiger partial charge in [-0.15, -0.1) is 0 Å². The Balaban J connectivity index is 3.03. The molecule has 6 nitrogen and oxygen atoms in total. The van der Waals surface area contributed by atoms with Gasteiger partial charge in [0, 0.05) is 13.6 Å². The summed E-state index contributed by atoms with van der Waals surface area (Å²) in [6, 6.07) is 4.30. The summed E-state index contributed by atoms with van der Waals surface area (Å²) in [6.07, 6.45) is 0.709. The van der Waals surface area contributed by atoms with Crippen LogP contribution in [-0.4, -0.2) is 62.9 Å². The fourth-order valence-electron chi connectivity index (χ4n) is 2.02. The van der Waals surface area contributed by atoms with Gasteiger partial charge in [0.2, 0.25) is 10.0 Å². The molecule has 0 heterocycles. The van der Waals surface area contributed by atoms with Gasteiger partial charge in [-0.2, -0.15) is 0 Å². The Hall–Kier alpha value is -1.44. The summed E-state index contributed by atoms with van der Waals surface area (Å²) in [5.74, 6) is -1.13. The van der Waals surface area contributed by atoms with Gasteiger partial charge in [-0.3, -0.25) is 0 Å². The number of rotatable bonds is 7. The van der Waals surface area contributed by atoms with Gasteiger partial charge in [-0.25, -0.2) is 17.5 Å². The Morgan fingerprint density at radius 2 is 1.81 bits per heavy atom. The molecule has 118 valence electrons. The van der Waals surface area contributed by atoms with Crippen LogP contribution in [0.4, 0.5) is 0 Å². The normalized spacial score (nSPS) is 12.1. The third-order valence-corrected chi connectivity index (χ3v) is 5.28. The highest BCUT2D eigenvalue weighted by Gasteiger charge is 2.24. The zero-order chi connectivity index (χ0) is 16.2. The summed E-state index contributed by atoms with van der Waals surface area (Å²) in [5.41, 5.74) is 0.280. The van der Waals surface area contributed by atoms with E-state index in [1.165, 1.54) is 36.5 Å². The van der Waals surface area contributed by atoms with E-state index in [4.69, 9.17) is 5.11 Å². The fourth-order valence-corrected chi connectivity index (χ4v) is 3.48. The molecule has 0 unspecified atom stereocenters. The van der Waals surface area contributed by atoms with Gasteiger partial charge >= 0.3 is 5.97 Å². The molecule has 7 heteroatoms. The highest BCUT2D eigenvalue weighted by Crippen LogP contribution is 2.22. The SMILES string of the molecule is Cc1c(C(=O)O)cccc1S(=O)(=O)N(C)CCCN(C)C. The minimum atomic E-state index is -3.67. The van der Waals surface area contributed by atoms with Crippen molar-refractivity contribution in [3.05, 3.63) is 29.3 Å². The van der Waals surface area contributed by atoms with Crippen LogP contribution in [0.1, 0.15) is 22.3 Å². The molecule has 0 radical (unpaired) electrons. The number of carboxylic acids is 1. The van der Waals surface area contributed by atoms with Crippen molar-refractivity contribution in [2.24, 2.45) is 0 Å². The first-order valence-electron chi connectivity index (χ1n) is 6.62. The molecule has 1 aromatic rings. The molecule has 0 saturated carbocycles. The third kappa shape index (κ3) is 4.26. The van der Waals surface area contributed by atoms with Crippen molar-refractivity contribution in [3.63, 3.8) is 0 Å². The molecular formula is C14H22N2O4S. The summed E-state index contributed by atoms with van der Waals surface area (Å²) in [4.78, 5) is 13.1. The van der Waals surface area contributed by atoms with E-state index in [0.717, 1.165) is 6.54 Å². The average molecular weight is 314 g/mol. The predicted molar refractivity (Wildman–Crippen MR) is 81.1 cm³/mol. The Bertz CT molecular complexity index is 611. The smallest absolute Gasteiger partial charge is 0.335 e. The van der Waals surface area contributed by atoms with Gasteiger partial charge in [-0.05, 0) is 51.7 Å². The van der Waals surface area contributed by atoms with Gasteiger partial charge in [-0.1, -0.05) is 6.07 Å². The molecule has 0 aliphatic heterocycles. The Morgan fingerprint density at radius 1 is 1.19 bits per heavy atom. The maximum absolute atomic E-state index is 12.5. The highest BCUT2D eigenvalue weighted by molar-refractivity contribution is 7.89. The number of sulfonamides is 1. The van der Waals surface area contributed by atoms with Crippen molar-refractivity contribution in [2.45, 2.75) is 18.2 Å². The van der Waals surface area contributed by atoms with Crippen LogP contribution < -0.4 is 0 Å². The summed E-state index contributed by atoms with van der Waals surface area (Å²) in [6.45, 7) is 2.69. The number of benzene rings is 1. The molecule has 0 fully saturated rings. The van der Waals surface area contributed by atoms with Crippen LogP contribution in [0.25, 0.3) is 0 Å². The quantitative estimate of drug-likeness (QED) is 0.820. The van der Waals surface area contributed by atoms with Gasteiger partial charge < -0.3 is 10.0 Å². The van der Waals surface area contributed by atoms with Crippen LogP contribution in [-0.2, 0) is 10.0 Å². The molecule has 1 aromatic carbocycles. The molecule has 21 heavy (non-hydrogen) atoms. The van der Waals surface area contributed by atoms with Crippen LogP contribution in [0.5, 0.6) is 0 Å². The van der Waals surface area contributed by atoms with E-state index in [-0.39, 0.29) is 16.0 Å². The number of aromatic carboxylic acids is 1. The molecule has 1 rings (SSSR count). The zero-order valence-electron chi connectivity index (χ0n) is 12.8. The van der Waals surface area contributed by atoms with Crippen molar-refractivity contribution in [2.75, 3.05) is 34.2 Å². The topological polar surface area (TPSA) is 77.9 Å². The highest BCUT2D eigenvalue weighted by atomic mass is 32.2. The van der Waals surface area contributed by atoms with Gasteiger partial charge in [0.25, 0.3) is 0 Å². The second kappa shape index (κ2) is 7.02. The van der Waals surface area contributed by atoms with Crippen molar-refractivity contribution in [1.82, 2.24) is 9.21 Å².